The number of carbonyl (C=O) groups excluding carboxylic acids is 1. The number of esters is 1. The number of hydrogen-bond donors (Lipinski definition) is 0. The van der Waals surface area contributed by atoms with Crippen LogP contribution >= 0.6 is 0 Å². The number of hydrazone groups is 1. The molecule has 0 N–H and O–H groups in total. The van der Waals surface area contributed by atoms with E-state index in [9.17, 15) is 4.79 Å². The SMILES string of the molecule is CCOC(=O)C1=NN(c2ccc(C)cc2)C2(C)CC(c3ccccc3)=Nc3cc(C)ccc3N12. The largest absolute Gasteiger partial charge is 0.460 e. The fourth-order valence-corrected chi connectivity index (χ4v) is 4.66. The van der Waals surface area contributed by atoms with E-state index in [1.165, 1.54) is 0 Å². The zero-order chi connectivity index (χ0) is 23.9. The quantitative estimate of drug-likeness (QED) is 0.473. The van der Waals surface area contributed by atoms with E-state index in [2.05, 4.69) is 44.2 Å². The van der Waals surface area contributed by atoms with Crippen molar-refractivity contribution in [1.29, 1.82) is 0 Å². The van der Waals surface area contributed by atoms with Crippen LogP contribution in [0, 0.1) is 13.8 Å². The third-order valence-corrected chi connectivity index (χ3v) is 6.32. The van der Waals surface area contributed by atoms with Crippen LogP contribution in [0.5, 0.6) is 0 Å². The number of carbonyl (C=O) groups is 1. The Morgan fingerprint density at radius 1 is 1.00 bits per heavy atom. The van der Waals surface area contributed by atoms with Gasteiger partial charge in [0, 0.05) is 6.42 Å². The first-order chi connectivity index (χ1) is 16.4. The molecule has 0 fully saturated rings. The van der Waals surface area contributed by atoms with E-state index >= 15 is 0 Å². The summed E-state index contributed by atoms with van der Waals surface area (Å²) in [5.74, 6) is -0.183. The molecule has 0 spiro atoms. The maximum Gasteiger partial charge on any atom is 0.376 e. The molecule has 2 aliphatic heterocycles. The van der Waals surface area contributed by atoms with Gasteiger partial charge in [-0.2, -0.15) is 0 Å². The smallest absolute Gasteiger partial charge is 0.376 e. The van der Waals surface area contributed by atoms with E-state index in [0.717, 1.165) is 39.5 Å². The van der Waals surface area contributed by atoms with E-state index in [0.29, 0.717) is 6.42 Å². The highest BCUT2D eigenvalue weighted by Gasteiger charge is 2.51. The van der Waals surface area contributed by atoms with Gasteiger partial charge in [-0.25, -0.2) is 9.80 Å². The van der Waals surface area contributed by atoms with Crippen molar-refractivity contribution in [2.75, 3.05) is 16.5 Å². The van der Waals surface area contributed by atoms with Crippen LogP contribution in [0.15, 0.2) is 82.9 Å². The van der Waals surface area contributed by atoms with E-state index in [1.807, 2.05) is 59.3 Å². The molecule has 0 amide bonds. The number of nitrogens with zero attached hydrogens (tertiary/aromatic N) is 4. The zero-order valence-corrected chi connectivity index (χ0v) is 19.9. The zero-order valence-electron chi connectivity index (χ0n) is 19.9. The molecule has 6 nitrogen and oxygen atoms in total. The summed E-state index contributed by atoms with van der Waals surface area (Å²) in [6.45, 7) is 8.29. The van der Waals surface area contributed by atoms with Crippen LogP contribution in [0.25, 0.3) is 0 Å². The van der Waals surface area contributed by atoms with Crippen molar-refractivity contribution in [3.8, 4) is 0 Å². The van der Waals surface area contributed by atoms with Crippen molar-refractivity contribution < 1.29 is 9.53 Å². The van der Waals surface area contributed by atoms with Gasteiger partial charge >= 0.3 is 5.97 Å². The molecule has 3 aromatic rings. The standard InChI is InChI=1S/C28H28N4O2/c1-5-34-27(33)26-30-32(22-14-11-19(2)12-15-22)28(4)18-24(21-9-7-6-8-10-21)29-23-17-20(3)13-16-25(23)31(26)28/h6-17H,5,18H2,1-4H3. The molecule has 0 aliphatic carbocycles. The lowest BCUT2D eigenvalue weighted by atomic mass is 9.96. The van der Waals surface area contributed by atoms with Crippen molar-refractivity contribution in [2.24, 2.45) is 10.1 Å². The Hall–Kier alpha value is -3.93. The number of hydrogen-bond acceptors (Lipinski definition) is 6. The third-order valence-electron chi connectivity index (χ3n) is 6.32. The first kappa shape index (κ1) is 21.9. The Labute approximate surface area is 200 Å². The van der Waals surface area contributed by atoms with Gasteiger partial charge in [-0.3, -0.25) is 9.89 Å². The number of ether oxygens (including phenoxy) is 1. The lowest BCUT2D eigenvalue weighted by Gasteiger charge is -2.41. The predicted molar refractivity (Wildman–Crippen MR) is 137 cm³/mol. The molecule has 0 aromatic heterocycles. The summed E-state index contributed by atoms with van der Waals surface area (Å²) in [6.07, 6.45) is 0.547. The molecular weight excluding hydrogens is 424 g/mol. The molecule has 3 aromatic carbocycles. The van der Waals surface area contributed by atoms with Crippen LogP contribution in [0.1, 0.15) is 37.0 Å². The van der Waals surface area contributed by atoms with Crippen molar-refractivity contribution >= 4 is 34.6 Å². The molecule has 0 saturated carbocycles. The molecule has 1 unspecified atom stereocenters. The molecule has 0 saturated heterocycles. The summed E-state index contributed by atoms with van der Waals surface area (Å²) in [4.78, 5) is 20.3. The number of anilines is 2. The average molecular weight is 453 g/mol. The highest BCUT2D eigenvalue weighted by molar-refractivity contribution is 6.43. The van der Waals surface area contributed by atoms with Crippen LogP contribution in [-0.2, 0) is 9.53 Å². The molecule has 6 heteroatoms. The summed E-state index contributed by atoms with van der Waals surface area (Å²) < 4.78 is 5.44. The molecule has 1 atom stereocenters. The van der Waals surface area contributed by atoms with E-state index in [1.54, 1.807) is 6.92 Å². The second kappa shape index (κ2) is 8.45. The van der Waals surface area contributed by atoms with Gasteiger partial charge in [0.2, 0.25) is 5.84 Å². The number of benzene rings is 3. The minimum atomic E-state index is -0.716. The van der Waals surface area contributed by atoms with Gasteiger partial charge in [-0.1, -0.05) is 54.1 Å². The summed E-state index contributed by atoms with van der Waals surface area (Å²) in [5.41, 5.74) is 6.08. The lowest BCUT2D eigenvalue weighted by molar-refractivity contribution is -0.135. The monoisotopic (exact) mass is 452 g/mol. The van der Waals surface area contributed by atoms with Gasteiger partial charge in [-0.05, 0) is 63.1 Å². The summed E-state index contributed by atoms with van der Waals surface area (Å²) >= 11 is 0. The number of fused-ring (bicyclic) bond motifs is 3. The second-order valence-electron chi connectivity index (χ2n) is 8.94. The van der Waals surface area contributed by atoms with E-state index in [4.69, 9.17) is 14.8 Å². The van der Waals surface area contributed by atoms with Gasteiger partial charge in [0.1, 0.15) is 5.66 Å². The Morgan fingerprint density at radius 2 is 1.71 bits per heavy atom. The van der Waals surface area contributed by atoms with Gasteiger partial charge in [0.15, 0.2) is 0 Å². The number of aryl methyl sites for hydroxylation is 2. The molecule has 2 heterocycles. The van der Waals surface area contributed by atoms with Crippen molar-refractivity contribution in [1.82, 2.24) is 0 Å². The normalized spacial score (nSPS) is 19.1. The Kier molecular flexibility index (Phi) is 5.44. The molecular formula is C28H28N4O2. The Bertz CT molecular complexity index is 1300. The first-order valence-corrected chi connectivity index (χ1v) is 11.6. The Morgan fingerprint density at radius 3 is 2.41 bits per heavy atom. The van der Waals surface area contributed by atoms with Crippen LogP contribution in [0.4, 0.5) is 17.1 Å². The fourth-order valence-electron chi connectivity index (χ4n) is 4.66. The Balaban J connectivity index is 1.74. The molecule has 0 bridgehead atoms. The van der Waals surface area contributed by atoms with Crippen molar-refractivity contribution in [3.63, 3.8) is 0 Å². The van der Waals surface area contributed by atoms with Gasteiger partial charge in [0.05, 0.1) is 29.4 Å². The molecule has 0 radical (unpaired) electrons. The number of amidine groups is 1. The van der Waals surface area contributed by atoms with Gasteiger partial charge in [-0.15, -0.1) is 5.10 Å². The predicted octanol–water partition coefficient (Wildman–Crippen LogP) is 5.75. The van der Waals surface area contributed by atoms with Crippen LogP contribution in [0.3, 0.4) is 0 Å². The summed E-state index contributed by atoms with van der Waals surface area (Å²) in [5, 5.41) is 6.80. The minimum absolute atomic E-state index is 0.263. The van der Waals surface area contributed by atoms with Crippen LogP contribution < -0.4 is 9.91 Å². The highest BCUT2D eigenvalue weighted by Crippen LogP contribution is 2.46. The van der Waals surface area contributed by atoms with Crippen LogP contribution in [0.2, 0.25) is 0 Å². The highest BCUT2D eigenvalue weighted by atomic mass is 16.5. The molecule has 2 aliphatic rings. The second-order valence-corrected chi connectivity index (χ2v) is 8.94. The summed E-state index contributed by atoms with van der Waals surface area (Å²) in [6, 6.07) is 24.5. The third kappa shape index (κ3) is 3.65. The van der Waals surface area contributed by atoms with Crippen LogP contribution in [-0.4, -0.2) is 29.8 Å². The maximum absolute atomic E-state index is 13.2. The lowest BCUT2D eigenvalue weighted by Crippen LogP contribution is -2.56. The van der Waals surface area contributed by atoms with Crippen molar-refractivity contribution in [3.05, 3.63) is 89.5 Å². The van der Waals surface area contributed by atoms with Crippen molar-refractivity contribution in [2.45, 2.75) is 39.8 Å². The molecule has 34 heavy (non-hydrogen) atoms. The fraction of sp³-hybridized carbons (Fsp3) is 0.250. The number of aliphatic imine (C=N–C) groups is 1. The average Bonchev–Trinajstić information content (AvgIpc) is 3.05. The van der Waals surface area contributed by atoms with E-state index in [-0.39, 0.29) is 12.4 Å². The van der Waals surface area contributed by atoms with Gasteiger partial charge < -0.3 is 4.74 Å². The minimum Gasteiger partial charge on any atom is -0.460 e. The summed E-state index contributed by atoms with van der Waals surface area (Å²) in [7, 11) is 0. The molecule has 5 rings (SSSR count). The van der Waals surface area contributed by atoms with E-state index < -0.39 is 11.6 Å². The first-order valence-electron chi connectivity index (χ1n) is 11.6. The molecule has 172 valence electrons. The van der Waals surface area contributed by atoms with Gasteiger partial charge in [0.25, 0.3) is 0 Å². The topological polar surface area (TPSA) is 57.5 Å². The number of rotatable bonds is 4. The maximum atomic E-state index is 13.2.